The molecule has 0 radical (unpaired) electrons. The quantitative estimate of drug-likeness (QED) is 0.837. The Bertz CT molecular complexity index is 667. The number of aromatic nitrogens is 3. The lowest BCUT2D eigenvalue weighted by Gasteiger charge is -2.53. The van der Waals surface area contributed by atoms with Crippen LogP contribution in [0.15, 0.2) is 36.9 Å². The van der Waals surface area contributed by atoms with Crippen molar-refractivity contribution in [2.24, 2.45) is 7.05 Å². The van der Waals surface area contributed by atoms with Gasteiger partial charge in [-0.2, -0.15) is 5.10 Å². The zero-order valence-electron chi connectivity index (χ0n) is 14.1. The Morgan fingerprint density at radius 3 is 2.88 bits per heavy atom. The first-order valence-corrected chi connectivity index (χ1v) is 8.55. The van der Waals surface area contributed by atoms with Crippen molar-refractivity contribution in [3.05, 3.63) is 48.0 Å². The smallest absolute Gasteiger partial charge is 0.0959 e. The highest BCUT2D eigenvalue weighted by atomic mass is 16.5. The molecule has 0 N–H and O–H groups in total. The summed E-state index contributed by atoms with van der Waals surface area (Å²) >= 11 is 0. The van der Waals surface area contributed by atoms with Gasteiger partial charge in [-0.25, -0.2) is 0 Å². The van der Waals surface area contributed by atoms with Crippen LogP contribution < -0.4 is 0 Å². The molecule has 0 saturated carbocycles. The average molecular weight is 328 g/mol. The van der Waals surface area contributed by atoms with Gasteiger partial charge >= 0.3 is 0 Å². The lowest BCUT2D eigenvalue weighted by molar-refractivity contribution is -0.200. The minimum absolute atomic E-state index is 0.0105. The first-order chi connectivity index (χ1) is 11.7. The van der Waals surface area contributed by atoms with Crippen LogP contribution in [0.3, 0.4) is 0 Å². The fourth-order valence-corrected chi connectivity index (χ4v) is 3.73. The molecule has 2 aromatic rings. The van der Waals surface area contributed by atoms with E-state index in [1.807, 2.05) is 42.5 Å². The van der Waals surface area contributed by atoms with Crippen molar-refractivity contribution in [3.63, 3.8) is 0 Å². The van der Waals surface area contributed by atoms with Crippen molar-refractivity contribution in [2.45, 2.75) is 37.7 Å². The standard InChI is InChI=1S/C18H24N4O2/c1-21-10-16(9-20-21)11-22-13-18(14-22)8-17(4-7-24-18)23-12-15-2-5-19-6-3-15/h2-3,5-6,9-10,17H,4,7-8,11-14H2,1H3/t17-/m0/s1. The summed E-state index contributed by atoms with van der Waals surface area (Å²) in [5.41, 5.74) is 2.43. The number of likely N-dealkylation sites (tertiary alicyclic amines) is 1. The minimum Gasteiger partial charge on any atom is -0.373 e. The number of hydrogen-bond donors (Lipinski definition) is 0. The van der Waals surface area contributed by atoms with E-state index in [1.54, 1.807) is 0 Å². The molecular formula is C18H24N4O2. The Hall–Kier alpha value is -1.76. The summed E-state index contributed by atoms with van der Waals surface area (Å²) in [4.78, 5) is 6.46. The van der Waals surface area contributed by atoms with Gasteiger partial charge in [0.05, 0.1) is 24.5 Å². The maximum atomic E-state index is 6.12. The molecule has 0 unspecified atom stereocenters. The number of aryl methyl sites for hydroxylation is 1. The van der Waals surface area contributed by atoms with Crippen LogP contribution in [0, 0.1) is 0 Å². The summed E-state index contributed by atoms with van der Waals surface area (Å²) in [6.07, 6.45) is 9.89. The number of hydrogen-bond acceptors (Lipinski definition) is 5. The van der Waals surface area contributed by atoms with Gasteiger partial charge in [0.15, 0.2) is 0 Å². The normalized spacial score (nSPS) is 23.3. The first kappa shape index (κ1) is 15.7. The molecule has 2 fully saturated rings. The van der Waals surface area contributed by atoms with E-state index in [-0.39, 0.29) is 11.7 Å². The van der Waals surface area contributed by atoms with Crippen LogP contribution in [0.2, 0.25) is 0 Å². The van der Waals surface area contributed by atoms with Crippen molar-refractivity contribution in [1.29, 1.82) is 0 Å². The molecule has 1 spiro atoms. The molecule has 0 aliphatic carbocycles. The summed E-state index contributed by atoms with van der Waals surface area (Å²) in [6, 6.07) is 4.02. The molecule has 0 bridgehead atoms. The molecule has 0 amide bonds. The monoisotopic (exact) mass is 328 g/mol. The summed E-state index contributed by atoms with van der Waals surface area (Å²) in [5.74, 6) is 0. The maximum absolute atomic E-state index is 6.12. The number of nitrogens with zero attached hydrogens (tertiary/aromatic N) is 4. The maximum Gasteiger partial charge on any atom is 0.0959 e. The van der Waals surface area contributed by atoms with Gasteiger partial charge in [-0.1, -0.05) is 0 Å². The van der Waals surface area contributed by atoms with Crippen LogP contribution in [0.1, 0.15) is 24.0 Å². The van der Waals surface area contributed by atoms with E-state index in [4.69, 9.17) is 9.47 Å². The van der Waals surface area contributed by atoms with Gasteiger partial charge in [-0.15, -0.1) is 0 Å². The zero-order chi connectivity index (χ0) is 16.4. The predicted octanol–water partition coefficient (Wildman–Crippen LogP) is 1.77. The Labute approximate surface area is 142 Å². The van der Waals surface area contributed by atoms with E-state index in [0.717, 1.165) is 39.1 Å². The second kappa shape index (κ2) is 6.63. The third-order valence-electron chi connectivity index (χ3n) is 4.87. The summed E-state index contributed by atoms with van der Waals surface area (Å²) < 4.78 is 14.1. The highest BCUT2D eigenvalue weighted by Gasteiger charge is 2.47. The van der Waals surface area contributed by atoms with Crippen LogP contribution in [0.4, 0.5) is 0 Å². The zero-order valence-corrected chi connectivity index (χ0v) is 14.1. The molecule has 4 heterocycles. The molecule has 24 heavy (non-hydrogen) atoms. The Kier molecular flexibility index (Phi) is 4.35. The second-order valence-corrected chi connectivity index (χ2v) is 6.98. The van der Waals surface area contributed by atoms with Crippen molar-refractivity contribution in [2.75, 3.05) is 19.7 Å². The molecule has 2 saturated heterocycles. The fraction of sp³-hybridized carbons (Fsp3) is 0.556. The SMILES string of the molecule is Cn1cc(CN2CC3(C[C@@H](OCc4ccncc4)CCO3)C2)cn1. The molecule has 2 aromatic heterocycles. The highest BCUT2D eigenvalue weighted by Crippen LogP contribution is 2.36. The van der Waals surface area contributed by atoms with Gasteiger partial charge in [-0.05, 0) is 24.1 Å². The average Bonchev–Trinajstić information content (AvgIpc) is 2.98. The van der Waals surface area contributed by atoms with Crippen LogP contribution in [-0.2, 0) is 29.7 Å². The van der Waals surface area contributed by atoms with Gasteiger partial charge in [0, 0.05) is 63.9 Å². The molecule has 6 nitrogen and oxygen atoms in total. The topological polar surface area (TPSA) is 52.4 Å². The molecule has 2 aliphatic rings. The number of ether oxygens (including phenoxy) is 2. The van der Waals surface area contributed by atoms with Crippen molar-refractivity contribution in [3.8, 4) is 0 Å². The van der Waals surface area contributed by atoms with E-state index < -0.39 is 0 Å². The van der Waals surface area contributed by atoms with Gasteiger partial charge in [-0.3, -0.25) is 14.6 Å². The number of rotatable bonds is 5. The van der Waals surface area contributed by atoms with Crippen LogP contribution in [0.5, 0.6) is 0 Å². The Morgan fingerprint density at radius 2 is 2.12 bits per heavy atom. The highest BCUT2D eigenvalue weighted by molar-refractivity contribution is 5.09. The van der Waals surface area contributed by atoms with E-state index in [2.05, 4.69) is 21.2 Å². The minimum atomic E-state index is -0.0105. The molecule has 4 rings (SSSR count). The van der Waals surface area contributed by atoms with Gasteiger partial charge in [0.25, 0.3) is 0 Å². The molecule has 1 atom stereocenters. The third kappa shape index (κ3) is 3.50. The van der Waals surface area contributed by atoms with Crippen LogP contribution >= 0.6 is 0 Å². The van der Waals surface area contributed by atoms with Crippen LogP contribution in [-0.4, -0.2) is 51.1 Å². The fourth-order valence-electron chi connectivity index (χ4n) is 3.73. The first-order valence-electron chi connectivity index (χ1n) is 8.55. The summed E-state index contributed by atoms with van der Waals surface area (Å²) in [5, 5.41) is 4.23. The third-order valence-corrected chi connectivity index (χ3v) is 4.87. The molecule has 0 aromatic carbocycles. The van der Waals surface area contributed by atoms with Gasteiger partial charge in [0.2, 0.25) is 0 Å². The Balaban J connectivity index is 1.26. The van der Waals surface area contributed by atoms with Crippen molar-refractivity contribution in [1.82, 2.24) is 19.7 Å². The van der Waals surface area contributed by atoms with Crippen molar-refractivity contribution < 1.29 is 9.47 Å². The second-order valence-electron chi connectivity index (χ2n) is 6.98. The summed E-state index contributed by atoms with van der Waals surface area (Å²) in [7, 11) is 1.95. The van der Waals surface area contributed by atoms with E-state index >= 15 is 0 Å². The van der Waals surface area contributed by atoms with E-state index in [1.165, 1.54) is 11.1 Å². The molecule has 6 heteroatoms. The molecule has 2 aliphatic heterocycles. The molecule has 128 valence electrons. The van der Waals surface area contributed by atoms with Crippen molar-refractivity contribution >= 4 is 0 Å². The van der Waals surface area contributed by atoms with Crippen LogP contribution in [0.25, 0.3) is 0 Å². The van der Waals surface area contributed by atoms with Gasteiger partial charge < -0.3 is 9.47 Å². The lowest BCUT2D eigenvalue weighted by Crippen LogP contribution is -2.65. The van der Waals surface area contributed by atoms with E-state index in [0.29, 0.717) is 6.61 Å². The Morgan fingerprint density at radius 1 is 1.29 bits per heavy atom. The number of pyridine rings is 1. The van der Waals surface area contributed by atoms with E-state index in [9.17, 15) is 0 Å². The molecular weight excluding hydrogens is 304 g/mol. The summed E-state index contributed by atoms with van der Waals surface area (Å²) in [6.45, 7) is 4.36. The largest absolute Gasteiger partial charge is 0.373 e. The van der Waals surface area contributed by atoms with Gasteiger partial charge in [0.1, 0.15) is 0 Å². The predicted molar refractivity (Wildman–Crippen MR) is 89.2 cm³/mol. The lowest BCUT2D eigenvalue weighted by atomic mass is 9.84.